The zero-order valence-corrected chi connectivity index (χ0v) is 17.0. The van der Waals surface area contributed by atoms with Gasteiger partial charge in [0.2, 0.25) is 5.91 Å². The van der Waals surface area contributed by atoms with Crippen LogP contribution < -0.4 is 10.6 Å². The molecule has 0 saturated heterocycles. The molecule has 0 bridgehead atoms. The van der Waals surface area contributed by atoms with Gasteiger partial charge in [-0.3, -0.25) is 9.59 Å². The summed E-state index contributed by atoms with van der Waals surface area (Å²) < 4.78 is 5.12. The van der Waals surface area contributed by atoms with Crippen LogP contribution in [0, 0.1) is 11.3 Å². The Morgan fingerprint density at radius 1 is 1.03 bits per heavy atom. The summed E-state index contributed by atoms with van der Waals surface area (Å²) >= 11 is 0. The van der Waals surface area contributed by atoms with Crippen LogP contribution in [0.3, 0.4) is 0 Å². The number of carboxylic acid groups (broad SMARTS) is 1. The molecule has 162 valence electrons. The first-order valence-electron chi connectivity index (χ1n) is 9.93. The van der Waals surface area contributed by atoms with Gasteiger partial charge in [-0.2, -0.15) is 5.26 Å². The number of nitrogens with zero attached hydrogens (tertiary/aromatic N) is 1. The standard InChI is InChI=1S/C23H25N3O5/c24-15-18-10-8-17(9-11-18)7-4-14-25-22(29)20(12-13-21(27)28)26-23(30)31-16-19-5-2-1-3-6-19/h1-3,5-6,8-11,20H,4,7,12-14,16H2,(H,25,29)(H,26,30)(H,27,28). The lowest BCUT2D eigenvalue weighted by Gasteiger charge is -2.18. The van der Waals surface area contributed by atoms with Crippen molar-refractivity contribution >= 4 is 18.0 Å². The first-order valence-corrected chi connectivity index (χ1v) is 9.93. The molecule has 0 spiro atoms. The van der Waals surface area contributed by atoms with Gasteiger partial charge in [0, 0.05) is 13.0 Å². The number of aryl methyl sites for hydroxylation is 1. The van der Waals surface area contributed by atoms with Gasteiger partial charge >= 0.3 is 12.1 Å². The second kappa shape index (κ2) is 12.6. The van der Waals surface area contributed by atoms with Crippen LogP contribution in [0.2, 0.25) is 0 Å². The molecule has 2 amide bonds. The number of benzene rings is 2. The van der Waals surface area contributed by atoms with Crippen LogP contribution in [0.25, 0.3) is 0 Å². The van der Waals surface area contributed by atoms with E-state index in [-0.39, 0.29) is 19.4 Å². The van der Waals surface area contributed by atoms with Crippen molar-refractivity contribution < 1.29 is 24.2 Å². The molecule has 3 N–H and O–H groups in total. The van der Waals surface area contributed by atoms with E-state index in [1.807, 2.05) is 30.3 Å². The summed E-state index contributed by atoms with van der Waals surface area (Å²) in [7, 11) is 0. The van der Waals surface area contributed by atoms with E-state index in [4.69, 9.17) is 15.1 Å². The molecule has 0 aliphatic rings. The number of hydrogen-bond donors (Lipinski definition) is 3. The molecular formula is C23H25N3O5. The minimum atomic E-state index is -1.06. The number of alkyl carbamates (subject to hydrolysis) is 1. The third-order valence-corrected chi connectivity index (χ3v) is 4.49. The molecule has 2 aromatic carbocycles. The monoisotopic (exact) mass is 423 g/mol. The van der Waals surface area contributed by atoms with E-state index in [0.29, 0.717) is 24.9 Å². The Kier molecular flexibility index (Phi) is 9.56. The molecule has 0 heterocycles. The molecule has 1 atom stereocenters. The summed E-state index contributed by atoms with van der Waals surface area (Å²) in [4.78, 5) is 35.4. The van der Waals surface area contributed by atoms with Crippen molar-refractivity contribution in [3.8, 4) is 6.07 Å². The molecule has 0 aliphatic carbocycles. The predicted octanol–water partition coefficient (Wildman–Crippen LogP) is 2.77. The van der Waals surface area contributed by atoms with Crippen LogP contribution in [-0.2, 0) is 27.4 Å². The van der Waals surface area contributed by atoms with Gasteiger partial charge in [-0.15, -0.1) is 0 Å². The average molecular weight is 423 g/mol. The summed E-state index contributed by atoms with van der Waals surface area (Å²) in [5.74, 6) is -1.52. The molecular weight excluding hydrogens is 398 g/mol. The van der Waals surface area contributed by atoms with Crippen LogP contribution in [0.5, 0.6) is 0 Å². The first kappa shape index (κ1) is 23.4. The highest BCUT2D eigenvalue weighted by molar-refractivity contribution is 5.86. The largest absolute Gasteiger partial charge is 0.481 e. The van der Waals surface area contributed by atoms with Gasteiger partial charge in [-0.05, 0) is 42.5 Å². The number of rotatable bonds is 11. The Balaban J connectivity index is 1.79. The van der Waals surface area contributed by atoms with Crippen LogP contribution in [-0.4, -0.2) is 35.7 Å². The van der Waals surface area contributed by atoms with E-state index in [1.54, 1.807) is 24.3 Å². The number of hydrogen-bond acceptors (Lipinski definition) is 5. The van der Waals surface area contributed by atoms with Crippen LogP contribution in [0.4, 0.5) is 4.79 Å². The summed E-state index contributed by atoms with van der Waals surface area (Å²) in [6.45, 7) is 0.410. The van der Waals surface area contributed by atoms with Crippen molar-refractivity contribution in [1.29, 1.82) is 5.26 Å². The maximum Gasteiger partial charge on any atom is 0.408 e. The van der Waals surface area contributed by atoms with Gasteiger partial charge in [-0.1, -0.05) is 42.5 Å². The third kappa shape index (κ3) is 9.00. The number of nitrogens with one attached hydrogen (secondary N) is 2. The fourth-order valence-electron chi connectivity index (χ4n) is 2.82. The molecule has 1 unspecified atom stereocenters. The normalized spacial score (nSPS) is 11.1. The lowest BCUT2D eigenvalue weighted by Crippen LogP contribution is -2.47. The van der Waals surface area contributed by atoms with Gasteiger partial charge in [0.1, 0.15) is 12.6 Å². The van der Waals surface area contributed by atoms with Crippen LogP contribution in [0.15, 0.2) is 54.6 Å². The Labute approximate surface area is 180 Å². The number of nitriles is 1. The van der Waals surface area contributed by atoms with E-state index in [0.717, 1.165) is 11.1 Å². The molecule has 8 heteroatoms. The fourth-order valence-corrected chi connectivity index (χ4v) is 2.82. The molecule has 2 rings (SSSR count). The molecule has 0 aromatic heterocycles. The van der Waals surface area contributed by atoms with E-state index >= 15 is 0 Å². The van der Waals surface area contributed by atoms with E-state index in [9.17, 15) is 14.4 Å². The predicted molar refractivity (Wildman–Crippen MR) is 113 cm³/mol. The minimum Gasteiger partial charge on any atom is -0.481 e. The maximum atomic E-state index is 12.4. The average Bonchev–Trinajstić information content (AvgIpc) is 2.79. The highest BCUT2D eigenvalue weighted by atomic mass is 16.5. The highest BCUT2D eigenvalue weighted by Crippen LogP contribution is 2.06. The number of ether oxygens (including phenoxy) is 1. The fraction of sp³-hybridized carbons (Fsp3) is 0.304. The number of carboxylic acids is 1. The molecule has 0 aliphatic heterocycles. The second-order valence-electron chi connectivity index (χ2n) is 6.89. The van der Waals surface area contributed by atoms with Crippen molar-refractivity contribution in [3.05, 3.63) is 71.3 Å². The lowest BCUT2D eigenvalue weighted by molar-refractivity contribution is -0.137. The van der Waals surface area contributed by atoms with Gasteiger partial charge in [0.15, 0.2) is 0 Å². The van der Waals surface area contributed by atoms with Gasteiger partial charge < -0.3 is 20.5 Å². The van der Waals surface area contributed by atoms with Crippen molar-refractivity contribution in [3.63, 3.8) is 0 Å². The van der Waals surface area contributed by atoms with Gasteiger partial charge in [0.25, 0.3) is 0 Å². The molecule has 0 saturated carbocycles. The number of carbonyl (C=O) groups is 3. The van der Waals surface area contributed by atoms with Gasteiger partial charge in [-0.25, -0.2) is 4.79 Å². The van der Waals surface area contributed by atoms with E-state index < -0.39 is 24.0 Å². The number of amides is 2. The quantitative estimate of drug-likeness (QED) is 0.477. The van der Waals surface area contributed by atoms with Crippen molar-refractivity contribution in [2.24, 2.45) is 0 Å². The minimum absolute atomic E-state index is 0.0444. The smallest absolute Gasteiger partial charge is 0.408 e. The van der Waals surface area contributed by atoms with Crippen molar-refractivity contribution in [1.82, 2.24) is 10.6 Å². The number of aliphatic carboxylic acids is 1. The molecule has 31 heavy (non-hydrogen) atoms. The van der Waals surface area contributed by atoms with Crippen molar-refractivity contribution in [2.75, 3.05) is 6.54 Å². The molecule has 0 radical (unpaired) electrons. The molecule has 8 nitrogen and oxygen atoms in total. The topological polar surface area (TPSA) is 129 Å². The Morgan fingerprint density at radius 2 is 1.74 bits per heavy atom. The summed E-state index contributed by atoms with van der Waals surface area (Å²) in [5.41, 5.74) is 2.42. The lowest BCUT2D eigenvalue weighted by atomic mass is 10.1. The Hall–Kier alpha value is -3.86. The Bertz CT molecular complexity index is 907. The van der Waals surface area contributed by atoms with Gasteiger partial charge in [0.05, 0.1) is 11.6 Å². The van der Waals surface area contributed by atoms with E-state index in [1.165, 1.54) is 0 Å². The highest BCUT2D eigenvalue weighted by Gasteiger charge is 2.22. The van der Waals surface area contributed by atoms with Crippen molar-refractivity contribution in [2.45, 2.75) is 38.3 Å². The van der Waals surface area contributed by atoms with E-state index in [2.05, 4.69) is 16.7 Å². The number of carbonyl (C=O) groups excluding carboxylic acids is 2. The molecule has 0 fully saturated rings. The van der Waals surface area contributed by atoms with Crippen LogP contribution in [0.1, 0.15) is 36.0 Å². The zero-order valence-electron chi connectivity index (χ0n) is 17.0. The summed E-state index contributed by atoms with van der Waals surface area (Å²) in [6.07, 6.45) is 0.270. The zero-order chi connectivity index (χ0) is 22.5. The first-order chi connectivity index (χ1) is 15.0. The second-order valence-corrected chi connectivity index (χ2v) is 6.89. The SMILES string of the molecule is N#Cc1ccc(CCCNC(=O)C(CCC(=O)O)NC(=O)OCc2ccccc2)cc1. The third-order valence-electron chi connectivity index (χ3n) is 4.49. The Morgan fingerprint density at radius 3 is 2.39 bits per heavy atom. The molecule has 2 aromatic rings. The summed E-state index contributed by atoms with van der Waals surface area (Å²) in [5, 5.41) is 22.9. The summed E-state index contributed by atoms with van der Waals surface area (Å²) in [6, 6.07) is 17.3. The maximum absolute atomic E-state index is 12.4. The van der Waals surface area contributed by atoms with Crippen LogP contribution >= 0.6 is 0 Å².